The average molecular weight is 364 g/mol. The fourth-order valence-electron chi connectivity index (χ4n) is 3.11. The van der Waals surface area contributed by atoms with Gasteiger partial charge < -0.3 is 9.47 Å². The van der Waals surface area contributed by atoms with Gasteiger partial charge in [0.1, 0.15) is 0 Å². The molecule has 1 unspecified atom stereocenters. The molecule has 26 heavy (non-hydrogen) atoms. The normalized spacial score (nSPS) is 18.2. The fourth-order valence-corrected chi connectivity index (χ4v) is 4.58. The van der Waals surface area contributed by atoms with Gasteiger partial charge in [0.2, 0.25) is 6.79 Å². The highest BCUT2D eigenvalue weighted by Gasteiger charge is 2.23. The predicted molar refractivity (Wildman–Crippen MR) is 106 cm³/mol. The van der Waals surface area contributed by atoms with Gasteiger partial charge in [-0.05, 0) is 34.0 Å². The molecule has 0 spiro atoms. The summed E-state index contributed by atoms with van der Waals surface area (Å²) in [6.07, 6.45) is 3.98. The third kappa shape index (κ3) is 3.35. The minimum absolute atomic E-state index is 0.274. The Balaban J connectivity index is 1.57. The SMILES string of the molecule is C=CCC1=C(Cc2ccc3c(c2)OCO3)S(=N)C(Cc2ccccc2)=N1. The van der Waals surface area contributed by atoms with Crippen molar-refractivity contribution in [3.8, 4) is 11.5 Å². The molecule has 0 saturated heterocycles. The van der Waals surface area contributed by atoms with Crippen LogP contribution in [0, 0.1) is 4.78 Å². The summed E-state index contributed by atoms with van der Waals surface area (Å²) in [5, 5.41) is 0.934. The second-order valence-corrected chi connectivity index (χ2v) is 7.78. The van der Waals surface area contributed by atoms with E-state index in [4.69, 9.17) is 19.2 Å². The highest BCUT2D eigenvalue weighted by Crippen LogP contribution is 2.35. The van der Waals surface area contributed by atoms with Gasteiger partial charge in [-0.3, -0.25) is 4.78 Å². The molecule has 0 aromatic heterocycles. The molecule has 132 valence electrons. The molecule has 2 aromatic carbocycles. The van der Waals surface area contributed by atoms with E-state index in [9.17, 15) is 0 Å². The van der Waals surface area contributed by atoms with Crippen LogP contribution in [-0.4, -0.2) is 11.8 Å². The Morgan fingerprint density at radius 3 is 2.65 bits per heavy atom. The average Bonchev–Trinajstić information content (AvgIpc) is 3.23. The summed E-state index contributed by atoms with van der Waals surface area (Å²) in [6, 6.07) is 16.2. The predicted octanol–water partition coefficient (Wildman–Crippen LogP) is 4.78. The third-order valence-corrected chi connectivity index (χ3v) is 5.98. The molecule has 2 aromatic rings. The van der Waals surface area contributed by atoms with E-state index in [0.717, 1.165) is 39.1 Å². The van der Waals surface area contributed by atoms with Crippen molar-refractivity contribution >= 4 is 15.7 Å². The maximum Gasteiger partial charge on any atom is 0.231 e. The molecule has 4 rings (SSSR count). The van der Waals surface area contributed by atoms with Crippen molar-refractivity contribution in [3.05, 3.63) is 82.9 Å². The van der Waals surface area contributed by atoms with Crippen molar-refractivity contribution in [2.75, 3.05) is 6.79 Å². The first-order valence-electron chi connectivity index (χ1n) is 8.53. The molecule has 2 aliphatic rings. The van der Waals surface area contributed by atoms with Crippen LogP contribution in [0.4, 0.5) is 0 Å². The van der Waals surface area contributed by atoms with Crippen LogP contribution in [0.3, 0.4) is 0 Å². The summed E-state index contributed by atoms with van der Waals surface area (Å²) in [5.74, 6) is 1.56. The summed E-state index contributed by atoms with van der Waals surface area (Å²) in [6.45, 7) is 4.12. The molecule has 2 aliphatic heterocycles. The van der Waals surface area contributed by atoms with Crippen molar-refractivity contribution in [2.45, 2.75) is 19.3 Å². The monoisotopic (exact) mass is 364 g/mol. The maximum absolute atomic E-state index is 8.76. The highest BCUT2D eigenvalue weighted by atomic mass is 32.2. The van der Waals surface area contributed by atoms with Crippen LogP contribution >= 0.6 is 0 Å². The highest BCUT2D eigenvalue weighted by molar-refractivity contribution is 8.05. The zero-order chi connectivity index (χ0) is 17.9. The number of allylic oxidation sites excluding steroid dienone is 2. The van der Waals surface area contributed by atoms with Crippen molar-refractivity contribution < 1.29 is 9.47 Å². The van der Waals surface area contributed by atoms with E-state index in [1.807, 2.05) is 42.5 Å². The number of benzene rings is 2. The lowest BCUT2D eigenvalue weighted by Gasteiger charge is -2.09. The van der Waals surface area contributed by atoms with Gasteiger partial charge >= 0.3 is 0 Å². The molecule has 0 amide bonds. The Bertz CT molecular complexity index is 932. The maximum atomic E-state index is 8.76. The third-order valence-electron chi connectivity index (χ3n) is 4.40. The molecule has 4 nitrogen and oxygen atoms in total. The van der Waals surface area contributed by atoms with E-state index in [-0.39, 0.29) is 6.79 Å². The minimum atomic E-state index is -0.719. The van der Waals surface area contributed by atoms with Gasteiger partial charge in [0, 0.05) is 24.2 Å². The van der Waals surface area contributed by atoms with Gasteiger partial charge in [0.05, 0.1) is 10.7 Å². The Hall–Kier alpha value is -2.66. The summed E-state index contributed by atoms with van der Waals surface area (Å²) in [4.78, 5) is 5.88. The van der Waals surface area contributed by atoms with Crippen molar-refractivity contribution in [2.24, 2.45) is 4.99 Å². The number of hydrogen-bond donors (Lipinski definition) is 1. The lowest BCUT2D eigenvalue weighted by Crippen LogP contribution is -2.08. The number of rotatable bonds is 6. The second kappa shape index (κ2) is 7.30. The first-order chi connectivity index (χ1) is 12.7. The number of aliphatic imine (C=N–C) groups is 1. The van der Waals surface area contributed by atoms with Gasteiger partial charge in [-0.1, -0.05) is 42.5 Å². The Kier molecular flexibility index (Phi) is 4.71. The van der Waals surface area contributed by atoms with Crippen LogP contribution in [0.15, 0.2) is 76.8 Å². The van der Waals surface area contributed by atoms with Crippen LogP contribution in [0.25, 0.3) is 0 Å². The van der Waals surface area contributed by atoms with Crippen LogP contribution in [0.5, 0.6) is 11.5 Å². The van der Waals surface area contributed by atoms with Crippen molar-refractivity contribution in [1.29, 1.82) is 4.78 Å². The van der Waals surface area contributed by atoms with Gasteiger partial charge in [-0.25, -0.2) is 4.99 Å². The van der Waals surface area contributed by atoms with Gasteiger partial charge in [0.15, 0.2) is 11.5 Å². The molecule has 0 aliphatic carbocycles. The fraction of sp³-hybridized carbons (Fsp3) is 0.190. The molecule has 0 saturated carbocycles. The van der Waals surface area contributed by atoms with Crippen molar-refractivity contribution in [1.82, 2.24) is 0 Å². The summed E-state index contributed by atoms with van der Waals surface area (Å²) in [7, 11) is -0.719. The number of nitrogens with one attached hydrogen (secondary N) is 1. The molecule has 1 N–H and O–H groups in total. The molecule has 2 heterocycles. The van der Waals surface area contributed by atoms with E-state index in [2.05, 4.69) is 18.7 Å². The molecule has 5 heteroatoms. The molecular formula is C21H20N2O2S. The van der Waals surface area contributed by atoms with E-state index < -0.39 is 10.7 Å². The minimum Gasteiger partial charge on any atom is -0.454 e. The molecule has 0 fully saturated rings. The van der Waals surface area contributed by atoms with Gasteiger partial charge in [-0.2, -0.15) is 0 Å². The second-order valence-electron chi connectivity index (χ2n) is 6.20. The quantitative estimate of drug-likeness (QED) is 0.750. The smallest absolute Gasteiger partial charge is 0.231 e. The number of hydrogen-bond acceptors (Lipinski definition) is 4. The molecular weight excluding hydrogens is 344 g/mol. The standard InChI is InChI=1S/C21H20N2O2S/c1-2-6-17-20(12-16-9-10-18-19(11-16)25-14-24-18)26(22)21(23-17)13-15-7-4-3-5-8-15/h2-5,7-11,22H,1,6,12-14H2. The summed E-state index contributed by atoms with van der Waals surface area (Å²) >= 11 is 0. The topological polar surface area (TPSA) is 54.7 Å². The Labute approximate surface area is 155 Å². The lowest BCUT2D eigenvalue weighted by molar-refractivity contribution is 0.174. The number of ether oxygens (including phenoxy) is 2. The van der Waals surface area contributed by atoms with Crippen LogP contribution < -0.4 is 9.47 Å². The van der Waals surface area contributed by atoms with Gasteiger partial charge in [0.25, 0.3) is 0 Å². The van der Waals surface area contributed by atoms with E-state index >= 15 is 0 Å². The Morgan fingerprint density at radius 1 is 1.04 bits per heavy atom. The molecule has 1 atom stereocenters. The lowest BCUT2D eigenvalue weighted by atomic mass is 10.1. The first kappa shape index (κ1) is 16.8. The number of fused-ring (bicyclic) bond motifs is 1. The summed E-state index contributed by atoms with van der Waals surface area (Å²) in [5.41, 5.74) is 3.30. The summed E-state index contributed by atoms with van der Waals surface area (Å²) < 4.78 is 19.6. The molecule has 0 radical (unpaired) electrons. The van der Waals surface area contributed by atoms with Crippen molar-refractivity contribution in [3.63, 3.8) is 0 Å². The van der Waals surface area contributed by atoms with E-state index in [0.29, 0.717) is 12.8 Å². The number of nitrogens with zero attached hydrogens (tertiary/aromatic N) is 1. The molecule has 0 bridgehead atoms. The zero-order valence-corrected chi connectivity index (χ0v) is 15.2. The van der Waals surface area contributed by atoms with Crippen LogP contribution in [0.1, 0.15) is 17.5 Å². The van der Waals surface area contributed by atoms with Gasteiger partial charge in [-0.15, -0.1) is 6.58 Å². The van der Waals surface area contributed by atoms with Crippen LogP contribution in [0.2, 0.25) is 0 Å². The Morgan fingerprint density at radius 2 is 1.85 bits per heavy atom. The van der Waals surface area contributed by atoms with E-state index in [1.54, 1.807) is 0 Å². The van der Waals surface area contributed by atoms with E-state index in [1.165, 1.54) is 5.56 Å². The van der Waals surface area contributed by atoms with Crippen LogP contribution in [-0.2, 0) is 23.5 Å². The largest absolute Gasteiger partial charge is 0.454 e. The zero-order valence-electron chi connectivity index (χ0n) is 14.4. The first-order valence-corrected chi connectivity index (χ1v) is 9.75.